The van der Waals surface area contributed by atoms with E-state index in [-0.39, 0.29) is 30.9 Å². The van der Waals surface area contributed by atoms with E-state index in [1.807, 2.05) is 31.2 Å². The van der Waals surface area contributed by atoms with Crippen LogP contribution in [0.5, 0.6) is 0 Å². The predicted octanol–water partition coefficient (Wildman–Crippen LogP) is 2.36. The fourth-order valence-corrected chi connectivity index (χ4v) is 2.57. The molecule has 134 valence electrons. The lowest BCUT2D eigenvalue weighted by Gasteiger charge is -2.20. The van der Waals surface area contributed by atoms with Crippen LogP contribution in [0.1, 0.15) is 24.3 Å². The summed E-state index contributed by atoms with van der Waals surface area (Å²) in [6.07, 6.45) is 1.54. The number of nitrogens with one attached hydrogen (secondary N) is 2. The predicted molar refractivity (Wildman–Crippen MR) is 96.1 cm³/mol. The van der Waals surface area contributed by atoms with Gasteiger partial charge in [0.1, 0.15) is 5.76 Å². The third kappa shape index (κ3) is 5.92. The van der Waals surface area contributed by atoms with Gasteiger partial charge in [-0.05, 0) is 30.7 Å². The molecule has 0 unspecified atom stereocenters. The van der Waals surface area contributed by atoms with Gasteiger partial charge < -0.3 is 20.0 Å². The summed E-state index contributed by atoms with van der Waals surface area (Å²) in [4.78, 5) is 25.4. The first-order valence-electron chi connectivity index (χ1n) is 7.98. The van der Waals surface area contributed by atoms with Gasteiger partial charge in [-0.2, -0.15) is 0 Å². The van der Waals surface area contributed by atoms with Crippen molar-refractivity contribution >= 4 is 23.4 Å². The number of nitrogens with zero attached hydrogens (tertiary/aromatic N) is 1. The largest absolute Gasteiger partial charge is 0.467 e. The SMILES string of the molecule is C[C@H](NCC(=O)N(C)CC(=O)NCc1ccco1)c1ccccc1Cl. The van der Waals surface area contributed by atoms with Crippen molar-refractivity contribution in [2.45, 2.75) is 19.5 Å². The van der Waals surface area contributed by atoms with Crippen molar-refractivity contribution in [3.63, 3.8) is 0 Å². The smallest absolute Gasteiger partial charge is 0.239 e. The monoisotopic (exact) mass is 363 g/mol. The minimum atomic E-state index is -0.244. The van der Waals surface area contributed by atoms with Crippen LogP contribution in [-0.4, -0.2) is 36.9 Å². The van der Waals surface area contributed by atoms with Crippen molar-refractivity contribution in [3.05, 3.63) is 59.0 Å². The maximum atomic E-state index is 12.2. The number of carbonyl (C=O) groups is 2. The molecule has 7 heteroatoms. The number of benzene rings is 1. The van der Waals surface area contributed by atoms with E-state index in [1.54, 1.807) is 25.4 Å². The number of hydrogen-bond acceptors (Lipinski definition) is 4. The zero-order valence-electron chi connectivity index (χ0n) is 14.3. The molecule has 0 aliphatic rings. The molecule has 1 aromatic heterocycles. The van der Waals surface area contributed by atoms with E-state index in [0.29, 0.717) is 17.3 Å². The Labute approximate surface area is 152 Å². The third-order valence-corrected chi connectivity index (χ3v) is 4.12. The number of hydrogen-bond donors (Lipinski definition) is 2. The molecule has 2 aromatic rings. The van der Waals surface area contributed by atoms with Gasteiger partial charge in [0, 0.05) is 18.1 Å². The molecule has 0 aliphatic heterocycles. The lowest BCUT2D eigenvalue weighted by molar-refractivity contribution is -0.134. The molecule has 0 aliphatic carbocycles. The van der Waals surface area contributed by atoms with E-state index in [0.717, 1.165) is 5.56 Å². The van der Waals surface area contributed by atoms with Crippen molar-refractivity contribution in [1.82, 2.24) is 15.5 Å². The minimum Gasteiger partial charge on any atom is -0.467 e. The first-order chi connectivity index (χ1) is 12.0. The molecule has 0 fully saturated rings. The molecule has 0 spiro atoms. The molecule has 1 atom stereocenters. The van der Waals surface area contributed by atoms with Gasteiger partial charge in [0.2, 0.25) is 11.8 Å². The van der Waals surface area contributed by atoms with Crippen molar-refractivity contribution in [1.29, 1.82) is 0 Å². The number of furan rings is 1. The maximum Gasteiger partial charge on any atom is 0.239 e. The highest BCUT2D eigenvalue weighted by Crippen LogP contribution is 2.21. The van der Waals surface area contributed by atoms with Crippen LogP contribution >= 0.6 is 11.6 Å². The summed E-state index contributed by atoms with van der Waals surface area (Å²) in [6.45, 7) is 2.34. The Hall–Kier alpha value is -2.31. The van der Waals surface area contributed by atoms with Crippen molar-refractivity contribution in [2.24, 2.45) is 0 Å². The molecule has 0 saturated heterocycles. The van der Waals surface area contributed by atoms with Crippen LogP contribution in [0.2, 0.25) is 5.02 Å². The maximum absolute atomic E-state index is 12.2. The highest BCUT2D eigenvalue weighted by Gasteiger charge is 2.15. The van der Waals surface area contributed by atoms with E-state index >= 15 is 0 Å². The normalized spacial score (nSPS) is 11.8. The van der Waals surface area contributed by atoms with Crippen LogP contribution in [0.15, 0.2) is 47.1 Å². The zero-order chi connectivity index (χ0) is 18.2. The van der Waals surface area contributed by atoms with Crippen molar-refractivity contribution < 1.29 is 14.0 Å². The van der Waals surface area contributed by atoms with Crippen molar-refractivity contribution in [3.8, 4) is 0 Å². The van der Waals surface area contributed by atoms with Gasteiger partial charge in [-0.3, -0.25) is 9.59 Å². The quantitative estimate of drug-likeness (QED) is 0.755. The minimum absolute atomic E-state index is 0.0122. The number of rotatable bonds is 8. The molecule has 0 bridgehead atoms. The van der Waals surface area contributed by atoms with Gasteiger partial charge in [-0.1, -0.05) is 29.8 Å². The van der Waals surface area contributed by atoms with Gasteiger partial charge in [0.25, 0.3) is 0 Å². The third-order valence-electron chi connectivity index (χ3n) is 3.78. The van der Waals surface area contributed by atoms with E-state index in [2.05, 4.69) is 10.6 Å². The fraction of sp³-hybridized carbons (Fsp3) is 0.333. The molecule has 0 saturated carbocycles. The number of carbonyl (C=O) groups excluding carboxylic acids is 2. The molecule has 2 N–H and O–H groups in total. The first kappa shape index (κ1) is 19.0. The Morgan fingerprint density at radius 2 is 2.00 bits per heavy atom. The summed E-state index contributed by atoms with van der Waals surface area (Å²) in [6, 6.07) is 10.9. The molecule has 6 nitrogen and oxygen atoms in total. The van der Waals surface area contributed by atoms with Gasteiger partial charge in [-0.25, -0.2) is 0 Å². The van der Waals surface area contributed by atoms with Crippen molar-refractivity contribution in [2.75, 3.05) is 20.1 Å². The summed E-state index contributed by atoms with van der Waals surface area (Å²) in [5.41, 5.74) is 0.927. The molecule has 2 amide bonds. The van der Waals surface area contributed by atoms with Gasteiger partial charge in [0.15, 0.2) is 0 Å². The highest BCUT2D eigenvalue weighted by atomic mass is 35.5. The van der Waals surface area contributed by atoms with E-state index < -0.39 is 0 Å². The second-order valence-electron chi connectivity index (χ2n) is 5.73. The Kier molecular flexibility index (Phi) is 7.03. The Balaban J connectivity index is 1.74. The number of halogens is 1. The van der Waals surface area contributed by atoms with E-state index in [1.165, 1.54) is 4.90 Å². The van der Waals surface area contributed by atoms with Crippen LogP contribution in [-0.2, 0) is 16.1 Å². The lowest BCUT2D eigenvalue weighted by atomic mass is 10.1. The summed E-state index contributed by atoms with van der Waals surface area (Å²) >= 11 is 6.15. The average molecular weight is 364 g/mol. The Bertz CT molecular complexity index is 703. The van der Waals surface area contributed by atoms with Crippen LogP contribution in [0.3, 0.4) is 0 Å². The highest BCUT2D eigenvalue weighted by molar-refractivity contribution is 6.31. The van der Waals surface area contributed by atoms with Crippen LogP contribution in [0, 0.1) is 0 Å². The summed E-state index contributed by atoms with van der Waals surface area (Å²) < 4.78 is 5.14. The lowest BCUT2D eigenvalue weighted by Crippen LogP contribution is -2.42. The molecular weight excluding hydrogens is 342 g/mol. The summed E-state index contributed by atoms with van der Waals surface area (Å²) in [5.74, 6) is 0.246. The second kappa shape index (κ2) is 9.25. The molecule has 25 heavy (non-hydrogen) atoms. The van der Waals surface area contributed by atoms with E-state index in [4.69, 9.17) is 16.0 Å². The average Bonchev–Trinajstić information content (AvgIpc) is 3.11. The molecule has 0 radical (unpaired) electrons. The Morgan fingerprint density at radius 3 is 2.68 bits per heavy atom. The van der Waals surface area contributed by atoms with Crippen LogP contribution in [0.4, 0.5) is 0 Å². The number of likely N-dealkylation sites (N-methyl/N-ethyl adjacent to an activating group) is 1. The van der Waals surface area contributed by atoms with Crippen LogP contribution < -0.4 is 10.6 Å². The van der Waals surface area contributed by atoms with Gasteiger partial charge in [0.05, 0.1) is 25.9 Å². The van der Waals surface area contributed by atoms with Crippen LogP contribution in [0.25, 0.3) is 0 Å². The zero-order valence-corrected chi connectivity index (χ0v) is 15.0. The summed E-state index contributed by atoms with van der Waals surface area (Å²) in [7, 11) is 1.59. The standard InChI is InChI=1S/C18H22ClN3O3/c1-13(15-7-3-4-8-16(15)19)20-11-18(24)22(2)12-17(23)21-10-14-6-5-9-25-14/h3-9,13,20H,10-12H2,1-2H3,(H,21,23)/t13-/m0/s1. The van der Waals surface area contributed by atoms with Gasteiger partial charge in [-0.15, -0.1) is 0 Å². The first-order valence-corrected chi connectivity index (χ1v) is 8.36. The second-order valence-corrected chi connectivity index (χ2v) is 6.14. The fourth-order valence-electron chi connectivity index (χ4n) is 2.27. The van der Waals surface area contributed by atoms with Gasteiger partial charge >= 0.3 is 0 Å². The van der Waals surface area contributed by atoms with E-state index in [9.17, 15) is 9.59 Å². The molecule has 1 heterocycles. The molecule has 1 aromatic carbocycles. The summed E-state index contributed by atoms with van der Waals surface area (Å²) in [5, 5.41) is 6.48. The molecule has 2 rings (SSSR count). The Morgan fingerprint density at radius 1 is 1.24 bits per heavy atom. The number of amides is 2. The molecular formula is C18H22ClN3O3. The topological polar surface area (TPSA) is 74.6 Å².